The Hall–Kier alpha value is -1.98. The van der Waals surface area contributed by atoms with Gasteiger partial charge in [0.25, 0.3) is 0 Å². The fourth-order valence-corrected chi connectivity index (χ4v) is 1.40. The van der Waals surface area contributed by atoms with E-state index in [-0.39, 0.29) is 12.8 Å². The second-order valence-corrected chi connectivity index (χ2v) is 3.86. The van der Waals surface area contributed by atoms with Crippen LogP contribution in [0.2, 0.25) is 0 Å². The molecule has 0 aliphatic heterocycles. The highest BCUT2D eigenvalue weighted by molar-refractivity contribution is 5.80. The number of carboxylic acid groups (broad SMARTS) is 1. The van der Waals surface area contributed by atoms with E-state index in [1.807, 2.05) is 0 Å². The Labute approximate surface area is 103 Å². The molecule has 0 aliphatic rings. The third-order valence-corrected chi connectivity index (χ3v) is 2.39. The topological polar surface area (TPSA) is 66.4 Å². The maximum Gasteiger partial charge on any atom is 0.303 e. The summed E-state index contributed by atoms with van der Waals surface area (Å²) in [5.74, 6) is -3.46. The number of halogens is 2. The molecule has 0 bridgehead atoms. The smallest absolute Gasteiger partial charge is 0.303 e. The first kappa shape index (κ1) is 14.1. The van der Waals surface area contributed by atoms with Crippen molar-refractivity contribution < 1.29 is 23.5 Å². The van der Waals surface area contributed by atoms with E-state index in [1.54, 1.807) is 6.92 Å². The lowest BCUT2D eigenvalue weighted by Gasteiger charge is -2.14. The molecule has 0 fully saturated rings. The Bertz CT molecular complexity index is 463. The van der Waals surface area contributed by atoms with Crippen LogP contribution in [-0.4, -0.2) is 17.0 Å². The van der Waals surface area contributed by atoms with Crippen molar-refractivity contribution in [1.82, 2.24) is 5.32 Å². The Kier molecular flexibility index (Phi) is 4.76. The SMILES string of the molecule is CC(NC(=O)CCC(=O)O)c1ccc(F)c(F)c1. The van der Waals surface area contributed by atoms with Crippen molar-refractivity contribution in [2.24, 2.45) is 0 Å². The van der Waals surface area contributed by atoms with Crippen LogP contribution in [0.15, 0.2) is 18.2 Å². The maximum absolute atomic E-state index is 13.0. The van der Waals surface area contributed by atoms with Gasteiger partial charge in [-0.1, -0.05) is 6.07 Å². The number of amides is 1. The van der Waals surface area contributed by atoms with E-state index in [9.17, 15) is 18.4 Å². The summed E-state index contributed by atoms with van der Waals surface area (Å²) in [5.41, 5.74) is 0.414. The second kappa shape index (κ2) is 6.09. The van der Waals surface area contributed by atoms with Gasteiger partial charge in [0, 0.05) is 6.42 Å². The van der Waals surface area contributed by atoms with Crippen LogP contribution >= 0.6 is 0 Å². The van der Waals surface area contributed by atoms with E-state index < -0.39 is 29.6 Å². The zero-order valence-corrected chi connectivity index (χ0v) is 9.74. The van der Waals surface area contributed by atoms with Gasteiger partial charge in [0.05, 0.1) is 12.5 Å². The summed E-state index contributed by atoms with van der Waals surface area (Å²) in [6.07, 6.45) is -0.417. The highest BCUT2D eigenvalue weighted by Gasteiger charge is 2.12. The van der Waals surface area contributed by atoms with Gasteiger partial charge in [-0.3, -0.25) is 9.59 Å². The average molecular weight is 257 g/mol. The van der Waals surface area contributed by atoms with Gasteiger partial charge < -0.3 is 10.4 Å². The van der Waals surface area contributed by atoms with Crippen LogP contribution in [0.25, 0.3) is 0 Å². The Balaban J connectivity index is 2.59. The molecular formula is C12H13F2NO3. The summed E-state index contributed by atoms with van der Waals surface area (Å²) < 4.78 is 25.7. The highest BCUT2D eigenvalue weighted by atomic mass is 19.2. The van der Waals surface area contributed by atoms with E-state index in [0.717, 1.165) is 12.1 Å². The fraction of sp³-hybridized carbons (Fsp3) is 0.333. The lowest BCUT2D eigenvalue weighted by molar-refractivity contribution is -0.138. The molecule has 1 aromatic rings. The minimum atomic E-state index is -1.06. The molecule has 1 atom stereocenters. The third kappa shape index (κ3) is 4.12. The number of hydrogen-bond donors (Lipinski definition) is 2. The molecule has 1 aromatic carbocycles. The summed E-state index contributed by atoms with van der Waals surface area (Å²) in [6.45, 7) is 1.60. The standard InChI is InChI=1S/C12H13F2NO3/c1-7(15-11(16)4-5-12(17)18)8-2-3-9(13)10(14)6-8/h2-3,6-7H,4-5H2,1H3,(H,15,16)(H,17,18). The zero-order chi connectivity index (χ0) is 13.7. The molecule has 0 heterocycles. The lowest BCUT2D eigenvalue weighted by atomic mass is 10.1. The van der Waals surface area contributed by atoms with Crippen LogP contribution < -0.4 is 5.32 Å². The van der Waals surface area contributed by atoms with Gasteiger partial charge in [-0.05, 0) is 24.6 Å². The monoisotopic (exact) mass is 257 g/mol. The maximum atomic E-state index is 13.0. The molecule has 0 spiro atoms. The van der Waals surface area contributed by atoms with Crippen molar-refractivity contribution in [3.8, 4) is 0 Å². The average Bonchev–Trinajstić information content (AvgIpc) is 2.30. The molecule has 1 rings (SSSR count). The van der Waals surface area contributed by atoms with Crippen LogP contribution in [0.5, 0.6) is 0 Å². The molecule has 0 radical (unpaired) electrons. The Morgan fingerprint density at radius 3 is 2.50 bits per heavy atom. The molecule has 0 saturated carbocycles. The first-order valence-electron chi connectivity index (χ1n) is 5.36. The number of carbonyl (C=O) groups is 2. The van der Waals surface area contributed by atoms with Crippen molar-refractivity contribution in [2.45, 2.75) is 25.8 Å². The van der Waals surface area contributed by atoms with Gasteiger partial charge in [0.2, 0.25) is 5.91 Å². The summed E-state index contributed by atoms with van der Waals surface area (Å²) in [4.78, 5) is 21.6. The molecule has 0 aromatic heterocycles. The van der Waals surface area contributed by atoms with Crippen LogP contribution in [0, 0.1) is 11.6 Å². The first-order chi connectivity index (χ1) is 8.40. The van der Waals surface area contributed by atoms with Gasteiger partial charge in [-0.25, -0.2) is 8.78 Å². The van der Waals surface area contributed by atoms with E-state index in [2.05, 4.69) is 5.32 Å². The summed E-state index contributed by atoms with van der Waals surface area (Å²) in [5, 5.41) is 10.9. The van der Waals surface area contributed by atoms with E-state index >= 15 is 0 Å². The number of hydrogen-bond acceptors (Lipinski definition) is 2. The molecule has 0 aliphatic carbocycles. The Morgan fingerprint density at radius 2 is 1.94 bits per heavy atom. The van der Waals surface area contributed by atoms with E-state index in [1.165, 1.54) is 6.07 Å². The van der Waals surface area contributed by atoms with Crippen LogP contribution in [0.1, 0.15) is 31.4 Å². The predicted octanol–water partition coefficient (Wildman–Crippen LogP) is 2.01. The molecule has 1 amide bonds. The van der Waals surface area contributed by atoms with Gasteiger partial charge >= 0.3 is 5.97 Å². The third-order valence-electron chi connectivity index (χ3n) is 2.39. The van der Waals surface area contributed by atoms with Gasteiger partial charge in [0.15, 0.2) is 11.6 Å². The summed E-state index contributed by atoms with van der Waals surface area (Å²) in [6, 6.07) is 2.82. The summed E-state index contributed by atoms with van der Waals surface area (Å²) in [7, 11) is 0. The number of nitrogens with one attached hydrogen (secondary N) is 1. The van der Waals surface area contributed by atoms with Crippen LogP contribution in [-0.2, 0) is 9.59 Å². The minimum Gasteiger partial charge on any atom is -0.481 e. The second-order valence-electron chi connectivity index (χ2n) is 3.86. The van der Waals surface area contributed by atoms with Crippen molar-refractivity contribution in [1.29, 1.82) is 0 Å². The van der Waals surface area contributed by atoms with Crippen molar-refractivity contribution >= 4 is 11.9 Å². The fourth-order valence-electron chi connectivity index (χ4n) is 1.40. The molecule has 98 valence electrons. The molecular weight excluding hydrogens is 244 g/mol. The quantitative estimate of drug-likeness (QED) is 0.847. The van der Waals surface area contributed by atoms with E-state index in [0.29, 0.717) is 5.56 Å². The lowest BCUT2D eigenvalue weighted by Crippen LogP contribution is -2.27. The van der Waals surface area contributed by atoms with Gasteiger partial charge in [-0.15, -0.1) is 0 Å². The zero-order valence-electron chi connectivity index (χ0n) is 9.74. The van der Waals surface area contributed by atoms with Crippen molar-refractivity contribution in [2.75, 3.05) is 0 Å². The molecule has 4 nitrogen and oxygen atoms in total. The normalized spacial score (nSPS) is 11.9. The number of aliphatic carboxylic acids is 1. The van der Waals surface area contributed by atoms with Crippen LogP contribution in [0.4, 0.5) is 8.78 Å². The molecule has 0 saturated heterocycles. The predicted molar refractivity (Wildman–Crippen MR) is 59.8 cm³/mol. The van der Waals surface area contributed by atoms with Crippen molar-refractivity contribution in [3.05, 3.63) is 35.4 Å². The largest absolute Gasteiger partial charge is 0.481 e. The molecule has 2 N–H and O–H groups in total. The van der Waals surface area contributed by atoms with E-state index in [4.69, 9.17) is 5.11 Å². The number of rotatable bonds is 5. The highest BCUT2D eigenvalue weighted by Crippen LogP contribution is 2.16. The Morgan fingerprint density at radius 1 is 1.28 bits per heavy atom. The summed E-state index contributed by atoms with van der Waals surface area (Å²) >= 11 is 0. The molecule has 6 heteroatoms. The van der Waals surface area contributed by atoms with Gasteiger partial charge in [0.1, 0.15) is 0 Å². The van der Waals surface area contributed by atoms with Crippen molar-refractivity contribution in [3.63, 3.8) is 0 Å². The first-order valence-corrected chi connectivity index (χ1v) is 5.36. The minimum absolute atomic E-state index is 0.149. The number of benzene rings is 1. The number of carbonyl (C=O) groups excluding carboxylic acids is 1. The number of carboxylic acids is 1. The molecule has 1 unspecified atom stereocenters. The van der Waals surface area contributed by atoms with Gasteiger partial charge in [-0.2, -0.15) is 0 Å². The molecule has 18 heavy (non-hydrogen) atoms. The van der Waals surface area contributed by atoms with Crippen LogP contribution in [0.3, 0.4) is 0 Å².